The van der Waals surface area contributed by atoms with Crippen molar-refractivity contribution in [3.05, 3.63) is 59.2 Å². The SMILES string of the molecule is Cc1cc(O)ccc1NC(=O)c1cccc(CCl)c1. The fourth-order valence-corrected chi connectivity index (χ4v) is 1.94. The smallest absolute Gasteiger partial charge is 0.255 e. The van der Waals surface area contributed by atoms with Crippen LogP contribution in [0.1, 0.15) is 21.5 Å². The Balaban J connectivity index is 2.20. The van der Waals surface area contributed by atoms with E-state index in [0.717, 1.165) is 11.1 Å². The number of phenols is 1. The van der Waals surface area contributed by atoms with Gasteiger partial charge in [-0.2, -0.15) is 0 Å². The number of benzene rings is 2. The molecule has 0 radical (unpaired) electrons. The summed E-state index contributed by atoms with van der Waals surface area (Å²) in [7, 11) is 0. The molecule has 0 aliphatic carbocycles. The maximum atomic E-state index is 12.1. The van der Waals surface area contributed by atoms with Crippen LogP contribution < -0.4 is 5.32 Å². The number of phenolic OH excluding ortho intramolecular Hbond substituents is 1. The molecule has 0 atom stereocenters. The summed E-state index contributed by atoms with van der Waals surface area (Å²) in [6.07, 6.45) is 0. The molecule has 2 aromatic carbocycles. The molecule has 19 heavy (non-hydrogen) atoms. The lowest BCUT2D eigenvalue weighted by Crippen LogP contribution is -2.12. The summed E-state index contributed by atoms with van der Waals surface area (Å²) in [6.45, 7) is 1.82. The van der Waals surface area contributed by atoms with Gasteiger partial charge in [0.1, 0.15) is 5.75 Å². The zero-order chi connectivity index (χ0) is 13.8. The van der Waals surface area contributed by atoms with Crippen LogP contribution in [0, 0.1) is 6.92 Å². The van der Waals surface area contributed by atoms with Crippen molar-refractivity contribution >= 4 is 23.2 Å². The molecule has 4 heteroatoms. The molecule has 2 aromatic rings. The molecule has 3 nitrogen and oxygen atoms in total. The molecule has 0 saturated heterocycles. The first-order chi connectivity index (χ1) is 9.10. The van der Waals surface area contributed by atoms with Crippen LogP contribution in [0.25, 0.3) is 0 Å². The van der Waals surface area contributed by atoms with Gasteiger partial charge in [0.05, 0.1) is 0 Å². The lowest BCUT2D eigenvalue weighted by Gasteiger charge is -2.09. The Labute approximate surface area is 116 Å². The van der Waals surface area contributed by atoms with Gasteiger partial charge in [0, 0.05) is 17.1 Å². The summed E-state index contributed by atoms with van der Waals surface area (Å²) in [5.74, 6) is 0.361. The highest BCUT2D eigenvalue weighted by atomic mass is 35.5. The van der Waals surface area contributed by atoms with Crippen LogP contribution in [-0.2, 0) is 5.88 Å². The molecule has 0 aliphatic heterocycles. The molecule has 1 amide bonds. The zero-order valence-electron chi connectivity index (χ0n) is 10.5. The number of rotatable bonds is 3. The number of hydrogen-bond acceptors (Lipinski definition) is 2. The second kappa shape index (κ2) is 5.76. The number of carbonyl (C=O) groups is 1. The quantitative estimate of drug-likeness (QED) is 0.663. The van der Waals surface area contributed by atoms with E-state index >= 15 is 0 Å². The first kappa shape index (κ1) is 13.4. The average Bonchev–Trinajstić information content (AvgIpc) is 2.42. The number of nitrogens with one attached hydrogen (secondary N) is 1. The number of amides is 1. The molecule has 0 saturated carbocycles. The van der Waals surface area contributed by atoms with Crippen LogP contribution in [0.3, 0.4) is 0 Å². The van der Waals surface area contributed by atoms with Gasteiger partial charge in [-0.15, -0.1) is 11.6 Å². The van der Waals surface area contributed by atoms with Crippen molar-refractivity contribution in [2.75, 3.05) is 5.32 Å². The lowest BCUT2D eigenvalue weighted by molar-refractivity contribution is 0.102. The van der Waals surface area contributed by atoms with E-state index in [9.17, 15) is 9.90 Å². The molecule has 0 spiro atoms. The molecular weight excluding hydrogens is 262 g/mol. The minimum atomic E-state index is -0.194. The number of halogens is 1. The van der Waals surface area contributed by atoms with E-state index in [0.29, 0.717) is 17.1 Å². The fraction of sp³-hybridized carbons (Fsp3) is 0.133. The second-order valence-corrected chi connectivity index (χ2v) is 4.55. The number of anilines is 1. The van der Waals surface area contributed by atoms with E-state index in [2.05, 4.69) is 5.32 Å². The van der Waals surface area contributed by atoms with Crippen LogP contribution >= 0.6 is 11.6 Å². The zero-order valence-corrected chi connectivity index (χ0v) is 11.2. The second-order valence-electron chi connectivity index (χ2n) is 4.29. The molecule has 0 aliphatic rings. The Bertz CT molecular complexity index is 611. The minimum Gasteiger partial charge on any atom is -0.508 e. The predicted molar refractivity (Wildman–Crippen MR) is 76.8 cm³/mol. The van der Waals surface area contributed by atoms with Gasteiger partial charge in [-0.05, 0) is 48.4 Å². The van der Waals surface area contributed by atoms with Crippen LogP contribution in [0.2, 0.25) is 0 Å². The minimum absolute atomic E-state index is 0.180. The lowest BCUT2D eigenvalue weighted by atomic mass is 10.1. The van der Waals surface area contributed by atoms with Gasteiger partial charge in [-0.25, -0.2) is 0 Å². The van der Waals surface area contributed by atoms with Gasteiger partial charge in [0.2, 0.25) is 0 Å². The van der Waals surface area contributed by atoms with Gasteiger partial charge >= 0.3 is 0 Å². The van der Waals surface area contributed by atoms with E-state index in [1.54, 1.807) is 30.3 Å². The van der Waals surface area contributed by atoms with Gasteiger partial charge in [-0.1, -0.05) is 12.1 Å². The van der Waals surface area contributed by atoms with Gasteiger partial charge < -0.3 is 10.4 Å². The third-order valence-electron chi connectivity index (χ3n) is 2.80. The molecular formula is C15H14ClNO2. The highest BCUT2D eigenvalue weighted by Crippen LogP contribution is 2.21. The van der Waals surface area contributed by atoms with E-state index in [1.807, 2.05) is 13.0 Å². The van der Waals surface area contributed by atoms with Gasteiger partial charge in [0.15, 0.2) is 0 Å². The Hall–Kier alpha value is -2.00. The van der Waals surface area contributed by atoms with Crippen LogP contribution in [0.15, 0.2) is 42.5 Å². The van der Waals surface area contributed by atoms with Crippen LogP contribution in [0.4, 0.5) is 5.69 Å². The Morgan fingerprint density at radius 1 is 1.26 bits per heavy atom. The molecule has 0 fully saturated rings. The van der Waals surface area contributed by atoms with Gasteiger partial charge in [0.25, 0.3) is 5.91 Å². The monoisotopic (exact) mass is 275 g/mol. The third-order valence-corrected chi connectivity index (χ3v) is 3.11. The third kappa shape index (κ3) is 3.26. The summed E-state index contributed by atoms with van der Waals surface area (Å²) in [6, 6.07) is 12.0. The number of carbonyl (C=O) groups excluding carboxylic acids is 1. The number of aryl methyl sites for hydroxylation is 1. The molecule has 2 N–H and O–H groups in total. The standard InChI is InChI=1S/C15H14ClNO2/c1-10-7-13(18)5-6-14(10)17-15(19)12-4-2-3-11(8-12)9-16/h2-8,18H,9H2,1H3,(H,17,19). The van der Waals surface area contributed by atoms with Crippen molar-refractivity contribution in [1.82, 2.24) is 0 Å². The largest absolute Gasteiger partial charge is 0.508 e. The molecule has 2 rings (SSSR count). The summed E-state index contributed by atoms with van der Waals surface area (Å²) in [4.78, 5) is 12.1. The average molecular weight is 276 g/mol. The van der Waals surface area contributed by atoms with Crippen molar-refractivity contribution in [1.29, 1.82) is 0 Å². The first-order valence-electron chi connectivity index (χ1n) is 5.86. The summed E-state index contributed by atoms with van der Waals surface area (Å²) in [5, 5.41) is 12.1. The molecule has 98 valence electrons. The normalized spacial score (nSPS) is 10.2. The van der Waals surface area contributed by atoms with Crippen molar-refractivity contribution in [3.63, 3.8) is 0 Å². The van der Waals surface area contributed by atoms with E-state index in [-0.39, 0.29) is 11.7 Å². The maximum Gasteiger partial charge on any atom is 0.255 e. The first-order valence-corrected chi connectivity index (χ1v) is 6.39. The number of alkyl halides is 1. The van der Waals surface area contributed by atoms with Crippen molar-refractivity contribution in [2.24, 2.45) is 0 Å². The van der Waals surface area contributed by atoms with Crippen LogP contribution in [0.5, 0.6) is 5.75 Å². The fourth-order valence-electron chi connectivity index (χ4n) is 1.78. The molecule has 0 unspecified atom stereocenters. The maximum absolute atomic E-state index is 12.1. The van der Waals surface area contributed by atoms with E-state index < -0.39 is 0 Å². The van der Waals surface area contributed by atoms with Crippen LogP contribution in [-0.4, -0.2) is 11.0 Å². The number of hydrogen-bond donors (Lipinski definition) is 2. The summed E-state index contributed by atoms with van der Waals surface area (Å²) >= 11 is 5.75. The van der Waals surface area contributed by atoms with Crippen molar-refractivity contribution in [2.45, 2.75) is 12.8 Å². The van der Waals surface area contributed by atoms with Crippen molar-refractivity contribution in [3.8, 4) is 5.75 Å². The molecule has 0 heterocycles. The van der Waals surface area contributed by atoms with Crippen molar-refractivity contribution < 1.29 is 9.90 Å². The van der Waals surface area contributed by atoms with E-state index in [4.69, 9.17) is 11.6 Å². The molecule has 0 aromatic heterocycles. The van der Waals surface area contributed by atoms with E-state index in [1.165, 1.54) is 6.07 Å². The Morgan fingerprint density at radius 2 is 2.05 bits per heavy atom. The summed E-state index contributed by atoms with van der Waals surface area (Å²) < 4.78 is 0. The highest BCUT2D eigenvalue weighted by molar-refractivity contribution is 6.17. The summed E-state index contributed by atoms with van der Waals surface area (Å²) in [5.41, 5.74) is 2.95. The number of aromatic hydroxyl groups is 1. The topological polar surface area (TPSA) is 49.3 Å². The Kier molecular flexibility index (Phi) is 4.07. The Morgan fingerprint density at radius 3 is 2.74 bits per heavy atom. The predicted octanol–water partition coefficient (Wildman–Crippen LogP) is 3.69. The molecule has 0 bridgehead atoms. The highest BCUT2D eigenvalue weighted by Gasteiger charge is 2.08. The van der Waals surface area contributed by atoms with Gasteiger partial charge in [-0.3, -0.25) is 4.79 Å².